The average Bonchev–Trinajstić information content (AvgIpc) is 2.53. The molecule has 2 N–H and O–H groups in total. The number of amides is 2. The fraction of sp³-hybridized carbons (Fsp3) is 0.125. The summed E-state index contributed by atoms with van der Waals surface area (Å²) in [6.45, 7) is -0.501. The Kier molecular flexibility index (Phi) is 5.63. The number of benzene rings is 2. The van der Waals surface area contributed by atoms with Crippen molar-refractivity contribution in [3.63, 3.8) is 0 Å². The molecule has 0 aliphatic rings. The molecule has 9 heteroatoms. The molecule has 0 saturated heterocycles. The maximum Gasteiger partial charge on any atom is 0.417 e. The van der Waals surface area contributed by atoms with E-state index in [2.05, 4.69) is 10.6 Å². The molecule has 0 unspecified atom stereocenters. The monoisotopic (exact) mass is 374 g/mol. The Morgan fingerprint density at radius 3 is 2.44 bits per heavy atom. The molecule has 0 radical (unpaired) electrons. The first-order chi connectivity index (χ1) is 11.7. The molecule has 132 valence electrons. The number of halogens is 5. The van der Waals surface area contributed by atoms with Gasteiger partial charge in [-0.05, 0) is 36.4 Å². The molecule has 2 amide bonds. The number of carbonyl (C=O) groups is 2. The highest BCUT2D eigenvalue weighted by atomic mass is 35.5. The summed E-state index contributed by atoms with van der Waals surface area (Å²) >= 11 is 5.48. The fourth-order valence-electron chi connectivity index (χ4n) is 1.92. The Balaban J connectivity index is 1.98. The van der Waals surface area contributed by atoms with Gasteiger partial charge < -0.3 is 10.6 Å². The third-order valence-electron chi connectivity index (χ3n) is 3.05. The minimum Gasteiger partial charge on any atom is -0.343 e. The van der Waals surface area contributed by atoms with Crippen molar-refractivity contribution >= 4 is 29.1 Å². The Labute approximate surface area is 144 Å². The largest absolute Gasteiger partial charge is 0.417 e. The Morgan fingerprint density at radius 2 is 1.80 bits per heavy atom. The molecule has 2 aromatic rings. The second-order valence-corrected chi connectivity index (χ2v) is 5.34. The second-order valence-electron chi connectivity index (χ2n) is 4.93. The lowest BCUT2D eigenvalue weighted by Gasteiger charge is -2.12. The summed E-state index contributed by atoms with van der Waals surface area (Å²) in [5, 5.41) is 3.95. The van der Waals surface area contributed by atoms with E-state index in [1.807, 2.05) is 0 Å². The van der Waals surface area contributed by atoms with Crippen LogP contribution >= 0.6 is 11.6 Å². The zero-order chi connectivity index (χ0) is 18.6. The summed E-state index contributed by atoms with van der Waals surface area (Å²) in [4.78, 5) is 23.5. The van der Waals surface area contributed by atoms with Crippen molar-refractivity contribution in [2.75, 3.05) is 11.9 Å². The van der Waals surface area contributed by atoms with Crippen LogP contribution in [-0.2, 0) is 11.0 Å². The second kappa shape index (κ2) is 7.52. The van der Waals surface area contributed by atoms with Gasteiger partial charge in [0, 0.05) is 11.3 Å². The molecule has 0 spiro atoms. The highest BCUT2D eigenvalue weighted by molar-refractivity contribution is 6.31. The van der Waals surface area contributed by atoms with Crippen molar-refractivity contribution in [1.29, 1.82) is 0 Å². The smallest absolute Gasteiger partial charge is 0.343 e. The number of rotatable bonds is 4. The normalized spacial score (nSPS) is 11.1. The molecular weight excluding hydrogens is 364 g/mol. The predicted octanol–water partition coefficient (Wildman–Crippen LogP) is 3.87. The lowest BCUT2D eigenvalue weighted by Crippen LogP contribution is -2.32. The van der Waals surface area contributed by atoms with E-state index in [0.29, 0.717) is 6.07 Å². The van der Waals surface area contributed by atoms with Crippen molar-refractivity contribution in [3.8, 4) is 0 Å². The molecule has 0 saturated carbocycles. The zero-order valence-electron chi connectivity index (χ0n) is 12.5. The van der Waals surface area contributed by atoms with Crippen LogP contribution in [0.5, 0.6) is 0 Å². The van der Waals surface area contributed by atoms with Gasteiger partial charge in [-0.3, -0.25) is 9.59 Å². The number of alkyl halides is 3. The first-order valence-electron chi connectivity index (χ1n) is 6.87. The van der Waals surface area contributed by atoms with Crippen molar-refractivity contribution in [2.24, 2.45) is 0 Å². The molecule has 25 heavy (non-hydrogen) atoms. The summed E-state index contributed by atoms with van der Waals surface area (Å²) in [6.07, 6.45) is -4.66. The lowest BCUT2D eigenvalue weighted by molar-refractivity contribution is -0.137. The van der Waals surface area contributed by atoms with E-state index in [1.165, 1.54) is 18.2 Å². The van der Waals surface area contributed by atoms with Gasteiger partial charge in [-0.15, -0.1) is 0 Å². The van der Waals surface area contributed by atoms with Crippen molar-refractivity contribution in [3.05, 3.63) is 64.4 Å². The maximum absolute atomic E-state index is 13.0. The van der Waals surface area contributed by atoms with Crippen LogP contribution in [0.25, 0.3) is 0 Å². The van der Waals surface area contributed by atoms with Crippen molar-refractivity contribution < 1.29 is 27.2 Å². The Morgan fingerprint density at radius 1 is 1.08 bits per heavy atom. The van der Waals surface area contributed by atoms with E-state index >= 15 is 0 Å². The van der Waals surface area contributed by atoms with Gasteiger partial charge in [-0.2, -0.15) is 13.2 Å². The molecule has 0 aromatic heterocycles. The van der Waals surface area contributed by atoms with Crippen LogP contribution in [0.1, 0.15) is 15.9 Å². The first kappa shape index (κ1) is 18.7. The van der Waals surface area contributed by atoms with Gasteiger partial charge in [0.05, 0.1) is 17.1 Å². The van der Waals surface area contributed by atoms with Crippen LogP contribution in [0.15, 0.2) is 42.5 Å². The van der Waals surface area contributed by atoms with Crippen LogP contribution in [0.4, 0.5) is 23.2 Å². The van der Waals surface area contributed by atoms with Gasteiger partial charge in [0.25, 0.3) is 5.91 Å². The van der Waals surface area contributed by atoms with Crippen molar-refractivity contribution in [1.82, 2.24) is 5.32 Å². The topological polar surface area (TPSA) is 58.2 Å². The minimum atomic E-state index is -4.66. The summed E-state index contributed by atoms with van der Waals surface area (Å²) in [7, 11) is 0. The van der Waals surface area contributed by atoms with Gasteiger partial charge >= 0.3 is 6.18 Å². The highest BCUT2D eigenvalue weighted by Gasteiger charge is 2.33. The first-order valence-corrected chi connectivity index (χ1v) is 7.25. The van der Waals surface area contributed by atoms with E-state index < -0.39 is 40.9 Å². The van der Waals surface area contributed by atoms with Crippen LogP contribution < -0.4 is 10.6 Å². The SMILES string of the molecule is O=C(CNC(=O)c1cccc(F)c1)Nc1ccc(Cl)c(C(F)(F)F)c1. The number of anilines is 1. The minimum absolute atomic E-state index is 0.0126. The molecule has 0 heterocycles. The third-order valence-corrected chi connectivity index (χ3v) is 3.38. The lowest BCUT2D eigenvalue weighted by atomic mass is 10.2. The third kappa shape index (κ3) is 5.18. The maximum atomic E-state index is 13.0. The summed E-state index contributed by atoms with van der Waals surface area (Å²) in [6, 6.07) is 7.72. The molecule has 4 nitrogen and oxygen atoms in total. The van der Waals surface area contributed by atoms with E-state index in [4.69, 9.17) is 11.6 Å². The standard InChI is InChI=1S/C16H11ClF4N2O2/c17-13-5-4-11(7-12(13)16(19,20)21)23-14(24)8-22-15(25)9-2-1-3-10(18)6-9/h1-7H,8H2,(H,22,25)(H,23,24). The van der Waals surface area contributed by atoms with Crippen molar-refractivity contribution in [2.45, 2.75) is 6.18 Å². The Hall–Kier alpha value is -2.61. The molecule has 0 bridgehead atoms. The molecule has 0 atom stereocenters. The van der Waals surface area contributed by atoms with Gasteiger partial charge in [-0.1, -0.05) is 17.7 Å². The highest BCUT2D eigenvalue weighted by Crippen LogP contribution is 2.36. The Bertz CT molecular complexity index is 809. The van der Waals surface area contributed by atoms with Gasteiger partial charge in [0.15, 0.2) is 0 Å². The van der Waals surface area contributed by atoms with Crippen LogP contribution in [0.2, 0.25) is 5.02 Å². The fourth-order valence-corrected chi connectivity index (χ4v) is 2.14. The molecule has 2 aromatic carbocycles. The molecule has 0 aliphatic heterocycles. The van der Waals surface area contributed by atoms with E-state index in [0.717, 1.165) is 18.2 Å². The van der Waals surface area contributed by atoms with Gasteiger partial charge in [0.1, 0.15) is 5.82 Å². The van der Waals surface area contributed by atoms with Gasteiger partial charge in [-0.25, -0.2) is 4.39 Å². The van der Waals surface area contributed by atoms with Crippen LogP contribution in [-0.4, -0.2) is 18.4 Å². The molecule has 0 fully saturated rings. The van der Waals surface area contributed by atoms with E-state index in [1.54, 1.807) is 0 Å². The van der Waals surface area contributed by atoms with E-state index in [-0.39, 0.29) is 11.3 Å². The predicted molar refractivity (Wildman–Crippen MR) is 83.8 cm³/mol. The van der Waals surface area contributed by atoms with Crippen LogP contribution in [0.3, 0.4) is 0 Å². The molecule has 2 rings (SSSR count). The number of nitrogens with one attached hydrogen (secondary N) is 2. The molecule has 0 aliphatic carbocycles. The number of hydrogen-bond donors (Lipinski definition) is 2. The zero-order valence-corrected chi connectivity index (χ0v) is 13.2. The molecular formula is C16H11ClF4N2O2. The van der Waals surface area contributed by atoms with Crippen LogP contribution in [0, 0.1) is 5.82 Å². The summed E-state index contributed by atoms with van der Waals surface area (Å²) in [5.41, 5.74) is -1.20. The quantitative estimate of drug-likeness (QED) is 0.798. The number of hydrogen-bond acceptors (Lipinski definition) is 2. The average molecular weight is 375 g/mol. The van der Waals surface area contributed by atoms with E-state index in [9.17, 15) is 27.2 Å². The van der Waals surface area contributed by atoms with Gasteiger partial charge in [0.2, 0.25) is 5.91 Å². The summed E-state index contributed by atoms with van der Waals surface area (Å²) in [5.74, 6) is -2.06. The number of carbonyl (C=O) groups excluding carboxylic acids is 2. The summed E-state index contributed by atoms with van der Waals surface area (Å²) < 4.78 is 51.3.